The summed E-state index contributed by atoms with van der Waals surface area (Å²) in [5.41, 5.74) is 2.53. The Kier molecular flexibility index (Phi) is 1.26. The van der Waals surface area contributed by atoms with Crippen molar-refractivity contribution in [1.82, 2.24) is 20.3 Å². The van der Waals surface area contributed by atoms with Crippen molar-refractivity contribution >= 4 is 0 Å². The third kappa shape index (κ3) is 0.876. The highest BCUT2D eigenvalue weighted by Crippen LogP contribution is 2.35. The molecule has 1 aromatic rings. The van der Waals surface area contributed by atoms with Crippen LogP contribution in [0.2, 0.25) is 0 Å². The predicted octanol–water partition coefficient (Wildman–Crippen LogP) is 0.259. The zero-order valence-corrected chi connectivity index (χ0v) is 6.95. The topological polar surface area (TPSA) is 42.7 Å². The number of hydrogen-bond acceptors (Lipinski definition) is 3. The van der Waals surface area contributed by atoms with Gasteiger partial charge in [0.25, 0.3) is 0 Å². The molecule has 2 aliphatic rings. The number of nitrogens with one attached hydrogen (secondary N) is 1. The number of rotatable bonds is 1. The van der Waals surface area contributed by atoms with E-state index in [0.717, 1.165) is 19.5 Å². The SMILES string of the molecule is C1Cc2nnn(C3CC3)c2CN1. The van der Waals surface area contributed by atoms with E-state index in [2.05, 4.69) is 20.3 Å². The number of nitrogens with zero attached hydrogens (tertiary/aromatic N) is 3. The van der Waals surface area contributed by atoms with Gasteiger partial charge in [0.1, 0.15) is 0 Å². The van der Waals surface area contributed by atoms with Gasteiger partial charge in [-0.2, -0.15) is 0 Å². The molecule has 2 heterocycles. The van der Waals surface area contributed by atoms with E-state index < -0.39 is 0 Å². The first-order valence-corrected chi connectivity index (χ1v) is 4.59. The Morgan fingerprint density at radius 1 is 1.42 bits per heavy atom. The largest absolute Gasteiger partial charge is 0.311 e. The molecule has 0 spiro atoms. The summed E-state index contributed by atoms with van der Waals surface area (Å²) in [6, 6.07) is 0.668. The van der Waals surface area contributed by atoms with Gasteiger partial charge in [0.05, 0.1) is 17.4 Å². The highest BCUT2D eigenvalue weighted by molar-refractivity contribution is 5.15. The molecule has 1 fully saturated rings. The molecule has 0 bridgehead atoms. The van der Waals surface area contributed by atoms with Crippen LogP contribution in [-0.4, -0.2) is 21.5 Å². The van der Waals surface area contributed by atoms with Crippen LogP contribution in [0.4, 0.5) is 0 Å². The van der Waals surface area contributed by atoms with Crippen LogP contribution in [0.5, 0.6) is 0 Å². The van der Waals surface area contributed by atoms with Crippen molar-refractivity contribution < 1.29 is 0 Å². The van der Waals surface area contributed by atoms with Crippen LogP contribution in [0, 0.1) is 0 Å². The third-order valence-corrected chi connectivity index (χ3v) is 2.60. The molecule has 0 unspecified atom stereocenters. The van der Waals surface area contributed by atoms with E-state index in [0.29, 0.717) is 6.04 Å². The Hall–Kier alpha value is -0.900. The first kappa shape index (κ1) is 6.60. The van der Waals surface area contributed by atoms with E-state index in [1.807, 2.05) is 0 Å². The van der Waals surface area contributed by atoms with Gasteiger partial charge in [-0.05, 0) is 12.8 Å². The molecule has 0 radical (unpaired) electrons. The number of hydrogen-bond donors (Lipinski definition) is 1. The van der Waals surface area contributed by atoms with E-state index >= 15 is 0 Å². The molecule has 4 nitrogen and oxygen atoms in total. The zero-order chi connectivity index (χ0) is 7.97. The highest BCUT2D eigenvalue weighted by atomic mass is 15.5. The molecule has 1 aliphatic heterocycles. The lowest BCUT2D eigenvalue weighted by Crippen LogP contribution is -2.25. The maximum absolute atomic E-state index is 4.19. The molecular formula is C8H12N4. The maximum atomic E-state index is 4.19. The molecule has 1 aromatic heterocycles. The molecule has 0 amide bonds. The molecule has 0 atom stereocenters. The van der Waals surface area contributed by atoms with Crippen LogP contribution in [-0.2, 0) is 13.0 Å². The van der Waals surface area contributed by atoms with Crippen LogP contribution in [0.1, 0.15) is 30.3 Å². The lowest BCUT2D eigenvalue weighted by molar-refractivity contribution is 0.547. The monoisotopic (exact) mass is 164 g/mol. The van der Waals surface area contributed by atoms with Crippen molar-refractivity contribution in [3.63, 3.8) is 0 Å². The Morgan fingerprint density at radius 2 is 2.33 bits per heavy atom. The summed E-state index contributed by atoms with van der Waals surface area (Å²) < 4.78 is 2.11. The van der Waals surface area contributed by atoms with Gasteiger partial charge in [-0.25, -0.2) is 4.68 Å². The minimum absolute atomic E-state index is 0.668. The van der Waals surface area contributed by atoms with Crippen LogP contribution < -0.4 is 5.32 Å². The van der Waals surface area contributed by atoms with Gasteiger partial charge in [-0.1, -0.05) is 5.21 Å². The molecule has 0 saturated heterocycles. The van der Waals surface area contributed by atoms with Crippen molar-refractivity contribution in [2.45, 2.75) is 31.8 Å². The Labute approximate surface area is 71.0 Å². The summed E-state index contributed by atoms with van der Waals surface area (Å²) in [6.07, 6.45) is 3.62. The quantitative estimate of drug-likeness (QED) is 0.647. The highest BCUT2D eigenvalue weighted by Gasteiger charge is 2.29. The van der Waals surface area contributed by atoms with Gasteiger partial charge in [-0.3, -0.25) is 0 Å². The molecule has 1 N–H and O–H groups in total. The minimum Gasteiger partial charge on any atom is -0.311 e. The van der Waals surface area contributed by atoms with Crippen LogP contribution in [0.15, 0.2) is 0 Å². The number of fused-ring (bicyclic) bond motifs is 1. The minimum atomic E-state index is 0.668. The van der Waals surface area contributed by atoms with Gasteiger partial charge in [0, 0.05) is 19.5 Å². The van der Waals surface area contributed by atoms with E-state index in [-0.39, 0.29) is 0 Å². The summed E-state index contributed by atoms with van der Waals surface area (Å²) in [5.74, 6) is 0. The van der Waals surface area contributed by atoms with Crippen LogP contribution >= 0.6 is 0 Å². The van der Waals surface area contributed by atoms with E-state index in [4.69, 9.17) is 0 Å². The second kappa shape index (κ2) is 2.29. The third-order valence-electron chi connectivity index (χ3n) is 2.60. The Bertz CT molecular complexity index is 300. The Balaban J connectivity index is 2.03. The lowest BCUT2D eigenvalue weighted by atomic mass is 10.2. The van der Waals surface area contributed by atoms with E-state index in [1.54, 1.807) is 0 Å². The molecule has 12 heavy (non-hydrogen) atoms. The summed E-state index contributed by atoms with van der Waals surface area (Å²) in [7, 11) is 0. The molecule has 4 heteroatoms. The van der Waals surface area contributed by atoms with Gasteiger partial charge in [-0.15, -0.1) is 5.10 Å². The average Bonchev–Trinajstić information content (AvgIpc) is 2.86. The standard InChI is InChI=1S/C8H12N4/c1-2-6(1)12-8-5-9-4-3-7(8)10-11-12/h6,9H,1-5H2. The number of aromatic nitrogens is 3. The first-order valence-electron chi connectivity index (χ1n) is 4.59. The normalized spacial score (nSPS) is 22.3. The lowest BCUT2D eigenvalue weighted by Gasteiger charge is -2.12. The second-order valence-corrected chi connectivity index (χ2v) is 3.59. The summed E-state index contributed by atoms with van der Waals surface area (Å²) in [4.78, 5) is 0. The van der Waals surface area contributed by atoms with Crippen LogP contribution in [0.3, 0.4) is 0 Å². The van der Waals surface area contributed by atoms with Gasteiger partial charge >= 0.3 is 0 Å². The Morgan fingerprint density at radius 3 is 3.17 bits per heavy atom. The predicted molar refractivity (Wildman–Crippen MR) is 43.7 cm³/mol. The van der Waals surface area contributed by atoms with Gasteiger partial charge in [0.2, 0.25) is 0 Å². The van der Waals surface area contributed by atoms with Crippen molar-refractivity contribution in [2.24, 2.45) is 0 Å². The molecule has 64 valence electrons. The fourth-order valence-corrected chi connectivity index (χ4v) is 1.75. The average molecular weight is 164 g/mol. The first-order chi connectivity index (χ1) is 5.95. The van der Waals surface area contributed by atoms with Gasteiger partial charge < -0.3 is 5.32 Å². The fraction of sp³-hybridized carbons (Fsp3) is 0.750. The fourth-order valence-electron chi connectivity index (χ4n) is 1.75. The van der Waals surface area contributed by atoms with Crippen molar-refractivity contribution in [3.8, 4) is 0 Å². The summed E-state index contributed by atoms with van der Waals surface area (Å²) >= 11 is 0. The van der Waals surface area contributed by atoms with Crippen molar-refractivity contribution in [3.05, 3.63) is 11.4 Å². The smallest absolute Gasteiger partial charge is 0.0885 e. The zero-order valence-electron chi connectivity index (χ0n) is 6.95. The molecule has 1 saturated carbocycles. The second-order valence-electron chi connectivity index (χ2n) is 3.59. The summed E-state index contributed by atoms with van der Waals surface area (Å²) in [6.45, 7) is 2.01. The van der Waals surface area contributed by atoms with Gasteiger partial charge in [0.15, 0.2) is 0 Å². The molecular weight excluding hydrogens is 152 g/mol. The molecule has 3 rings (SSSR count). The maximum Gasteiger partial charge on any atom is 0.0885 e. The van der Waals surface area contributed by atoms with E-state index in [9.17, 15) is 0 Å². The van der Waals surface area contributed by atoms with Crippen molar-refractivity contribution in [1.29, 1.82) is 0 Å². The van der Waals surface area contributed by atoms with Crippen LogP contribution in [0.25, 0.3) is 0 Å². The van der Waals surface area contributed by atoms with Crippen molar-refractivity contribution in [2.75, 3.05) is 6.54 Å². The molecule has 0 aromatic carbocycles. The molecule has 1 aliphatic carbocycles. The van der Waals surface area contributed by atoms with E-state index in [1.165, 1.54) is 24.2 Å². The summed E-state index contributed by atoms with van der Waals surface area (Å²) in [5, 5.41) is 11.7.